The summed E-state index contributed by atoms with van der Waals surface area (Å²) in [5.74, 6) is 0.698. The van der Waals surface area contributed by atoms with Crippen LogP contribution < -0.4 is 4.74 Å². The highest BCUT2D eigenvalue weighted by Gasteiger charge is 2.28. The highest BCUT2D eigenvalue weighted by atomic mass is 16.5. The fourth-order valence-corrected chi connectivity index (χ4v) is 3.93. The Hall–Kier alpha value is -3.65. The van der Waals surface area contributed by atoms with Gasteiger partial charge in [0.05, 0.1) is 24.9 Å². The predicted octanol–water partition coefficient (Wildman–Crippen LogP) is 2.39. The molecule has 0 bridgehead atoms. The molecule has 1 aliphatic heterocycles. The van der Waals surface area contributed by atoms with E-state index >= 15 is 0 Å². The summed E-state index contributed by atoms with van der Waals surface area (Å²) in [7, 11) is 5.37. The Bertz CT molecular complexity index is 1120. The topological polar surface area (TPSA) is 70.9 Å². The maximum absolute atomic E-state index is 13.6. The molecule has 0 aliphatic carbocycles. The van der Waals surface area contributed by atoms with Crippen molar-refractivity contribution < 1.29 is 14.3 Å². The molecule has 1 aromatic heterocycles. The van der Waals surface area contributed by atoms with Crippen LogP contribution in [0.3, 0.4) is 0 Å². The number of carbonyl (C=O) groups excluding carboxylic acids is 2. The van der Waals surface area contributed by atoms with Crippen LogP contribution in [-0.2, 0) is 4.79 Å². The van der Waals surface area contributed by atoms with E-state index in [1.165, 1.54) is 0 Å². The van der Waals surface area contributed by atoms with Gasteiger partial charge in [-0.2, -0.15) is 5.10 Å². The number of nitrogens with zero attached hydrogens (tertiary/aromatic N) is 5. The van der Waals surface area contributed by atoms with Gasteiger partial charge in [-0.05, 0) is 38.4 Å². The third-order valence-electron chi connectivity index (χ3n) is 5.68. The summed E-state index contributed by atoms with van der Waals surface area (Å²) in [6.07, 6.45) is 1.79. The number of hydrogen-bond acceptors (Lipinski definition) is 5. The van der Waals surface area contributed by atoms with Gasteiger partial charge in [0, 0.05) is 37.9 Å². The van der Waals surface area contributed by atoms with E-state index in [0.29, 0.717) is 49.7 Å². The van der Waals surface area contributed by atoms with Crippen molar-refractivity contribution >= 4 is 11.8 Å². The molecule has 172 valence electrons. The number of benzene rings is 2. The molecule has 1 saturated heterocycles. The van der Waals surface area contributed by atoms with Gasteiger partial charge in [0.25, 0.3) is 5.91 Å². The second-order valence-electron chi connectivity index (χ2n) is 8.31. The van der Waals surface area contributed by atoms with Crippen molar-refractivity contribution in [2.24, 2.45) is 0 Å². The first kappa shape index (κ1) is 22.5. The second kappa shape index (κ2) is 9.87. The van der Waals surface area contributed by atoms with Crippen molar-refractivity contribution in [1.29, 1.82) is 0 Å². The molecule has 1 aliphatic rings. The largest absolute Gasteiger partial charge is 0.497 e. The Labute approximate surface area is 194 Å². The lowest BCUT2D eigenvalue weighted by molar-refractivity contribution is -0.133. The third-order valence-corrected chi connectivity index (χ3v) is 5.68. The highest BCUT2D eigenvalue weighted by Crippen LogP contribution is 2.28. The summed E-state index contributed by atoms with van der Waals surface area (Å²) in [5, 5.41) is 4.76. The number of para-hydroxylation sites is 1. The first-order valence-electron chi connectivity index (χ1n) is 11.0. The zero-order valence-electron chi connectivity index (χ0n) is 19.3. The SMILES string of the molecule is COc1cccc(-c2nn(-c3ccccc3)cc2C(=O)N2CCN(C(=O)CN(C)C)CC2)c1. The smallest absolute Gasteiger partial charge is 0.257 e. The summed E-state index contributed by atoms with van der Waals surface area (Å²) < 4.78 is 7.11. The van der Waals surface area contributed by atoms with Crippen molar-refractivity contribution in [3.63, 3.8) is 0 Å². The molecule has 1 fully saturated rings. The van der Waals surface area contributed by atoms with E-state index in [2.05, 4.69) is 0 Å². The standard InChI is InChI=1S/C25H29N5O3/c1-27(2)18-23(31)28-12-14-29(15-13-28)25(32)22-17-30(20-9-5-4-6-10-20)26-24(22)19-8-7-11-21(16-19)33-3/h4-11,16-17H,12-15,18H2,1-3H3. The number of carbonyl (C=O) groups is 2. The zero-order chi connectivity index (χ0) is 23.4. The molecule has 2 amide bonds. The van der Waals surface area contributed by atoms with E-state index in [1.54, 1.807) is 22.9 Å². The number of methoxy groups -OCH3 is 1. The third kappa shape index (κ3) is 5.06. The Kier molecular flexibility index (Phi) is 6.74. The fraction of sp³-hybridized carbons (Fsp3) is 0.320. The van der Waals surface area contributed by atoms with Gasteiger partial charge in [-0.1, -0.05) is 30.3 Å². The van der Waals surface area contributed by atoms with Crippen LogP contribution in [0.5, 0.6) is 5.75 Å². The summed E-state index contributed by atoms with van der Waals surface area (Å²) in [5.41, 5.74) is 2.82. The lowest BCUT2D eigenvalue weighted by atomic mass is 10.1. The van der Waals surface area contributed by atoms with Crippen molar-refractivity contribution in [2.45, 2.75) is 0 Å². The van der Waals surface area contributed by atoms with Gasteiger partial charge in [-0.25, -0.2) is 4.68 Å². The number of aromatic nitrogens is 2. The van der Waals surface area contributed by atoms with Crippen molar-refractivity contribution in [1.82, 2.24) is 24.5 Å². The first-order chi connectivity index (χ1) is 16.0. The van der Waals surface area contributed by atoms with Crippen molar-refractivity contribution in [3.8, 4) is 22.7 Å². The summed E-state index contributed by atoms with van der Waals surface area (Å²) in [6, 6.07) is 17.3. The Balaban J connectivity index is 1.61. The molecule has 0 spiro atoms. The monoisotopic (exact) mass is 447 g/mol. The van der Waals surface area contributed by atoms with E-state index in [-0.39, 0.29) is 11.8 Å². The fourth-order valence-electron chi connectivity index (χ4n) is 3.93. The summed E-state index contributed by atoms with van der Waals surface area (Å²) >= 11 is 0. The maximum Gasteiger partial charge on any atom is 0.257 e. The van der Waals surface area contributed by atoms with E-state index < -0.39 is 0 Å². The molecule has 0 unspecified atom stereocenters. The van der Waals surface area contributed by atoms with Gasteiger partial charge >= 0.3 is 0 Å². The minimum atomic E-state index is -0.0882. The first-order valence-corrected chi connectivity index (χ1v) is 11.0. The Morgan fingerprint density at radius 2 is 1.67 bits per heavy atom. The van der Waals surface area contributed by atoms with Crippen LogP contribution in [0.25, 0.3) is 16.9 Å². The number of piperazine rings is 1. The lowest BCUT2D eigenvalue weighted by Crippen LogP contribution is -2.52. The number of amides is 2. The quantitative estimate of drug-likeness (QED) is 0.580. The van der Waals surface area contributed by atoms with Crippen molar-refractivity contribution in [2.75, 3.05) is 53.9 Å². The molecule has 2 heterocycles. The minimum absolute atomic E-state index is 0.0843. The average Bonchev–Trinajstić information content (AvgIpc) is 3.29. The average molecular weight is 448 g/mol. The molecule has 0 radical (unpaired) electrons. The number of likely N-dealkylation sites (N-methyl/N-ethyl adjacent to an activating group) is 1. The number of ether oxygens (including phenoxy) is 1. The van der Waals surface area contributed by atoms with Crippen LogP contribution in [0.15, 0.2) is 60.8 Å². The van der Waals surface area contributed by atoms with Gasteiger partial charge in [-0.15, -0.1) is 0 Å². The molecule has 3 aromatic rings. The lowest BCUT2D eigenvalue weighted by Gasteiger charge is -2.35. The molecule has 33 heavy (non-hydrogen) atoms. The van der Waals surface area contributed by atoms with Crippen LogP contribution in [0.2, 0.25) is 0 Å². The second-order valence-corrected chi connectivity index (χ2v) is 8.31. The van der Waals surface area contributed by atoms with E-state index in [4.69, 9.17) is 9.84 Å². The van der Waals surface area contributed by atoms with Crippen LogP contribution in [-0.4, -0.2) is 90.2 Å². The predicted molar refractivity (Wildman–Crippen MR) is 127 cm³/mol. The van der Waals surface area contributed by atoms with Crippen LogP contribution in [0, 0.1) is 0 Å². The molecule has 2 aromatic carbocycles. The van der Waals surface area contributed by atoms with Gasteiger partial charge in [0.15, 0.2) is 0 Å². The van der Waals surface area contributed by atoms with Crippen molar-refractivity contribution in [3.05, 3.63) is 66.4 Å². The molecule has 4 rings (SSSR count). The van der Waals surface area contributed by atoms with Gasteiger partial charge < -0.3 is 19.4 Å². The molecule has 8 nitrogen and oxygen atoms in total. The summed E-state index contributed by atoms with van der Waals surface area (Å²) in [6.45, 7) is 2.41. The van der Waals surface area contributed by atoms with E-state index in [9.17, 15) is 9.59 Å². The molecule has 8 heteroatoms. The molecule has 0 N–H and O–H groups in total. The Morgan fingerprint density at radius 1 is 0.970 bits per heavy atom. The van der Waals surface area contributed by atoms with Gasteiger partial charge in [-0.3, -0.25) is 9.59 Å². The van der Waals surface area contributed by atoms with Gasteiger partial charge in [0.1, 0.15) is 11.4 Å². The number of hydrogen-bond donors (Lipinski definition) is 0. The maximum atomic E-state index is 13.6. The molecule has 0 saturated carbocycles. The van der Waals surface area contributed by atoms with Crippen LogP contribution >= 0.6 is 0 Å². The normalized spacial score (nSPS) is 13.9. The van der Waals surface area contributed by atoms with Crippen LogP contribution in [0.1, 0.15) is 10.4 Å². The highest BCUT2D eigenvalue weighted by molar-refractivity contribution is 6.00. The molecular weight excluding hydrogens is 418 g/mol. The number of rotatable bonds is 6. The zero-order valence-corrected chi connectivity index (χ0v) is 19.3. The minimum Gasteiger partial charge on any atom is -0.497 e. The molecular formula is C25H29N5O3. The van der Waals surface area contributed by atoms with Crippen LogP contribution in [0.4, 0.5) is 0 Å². The van der Waals surface area contributed by atoms with E-state index in [1.807, 2.05) is 78.5 Å². The van der Waals surface area contributed by atoms with Gasteiger partial charge in [0.2, 0.25) is 5.91 Å². The summed E-state index contributed by atoms with van der Waals surface area (Å²) in [4.78, 5) is 31.4. The van der Waals surface area contributed by atoms with E-state index in [0.717, 1.165) is 11.3 Å². The Morgan fingerprint density at radius 3 is 2.33 bits per heavy atom. The molecule has 0 atom stereocenters.